The molecule has 0 saturated carbocycles. The second kappa shape index (κ2) is 17.0. The van der Waals surface area contributed by atoms with Crippen molar-refractivity contribution < 1.29 is 37.3 Å². The highest BCUT2D eigenvalue weighted by Crippen LogP contribution is 2.34. The maximum atomic E-state index is 14.0. The second-order valence-corrected chi connectivity index (χ2v) is 12.4. The van der Waals surface area contributed by atoms with Crippen molar-refractivity contribution in [3.05, 3.63) is 84.1 Å². The molecule has 5 rings (SSSR count). The lowest BCUT2D eigenvalue weighted by Gasteiger charge is -2.34. The van der Waals surface area contributed by atoms with Crippen LogP contribution in [0.5, 0.6) is 11.5 Å². The van der Waals surface area contributed by atoms with E-state index >= 15 is 0 Å². The van der Waals surface area contributed by atoms with Gasteiger partial charge in [-0.25, -0.2) is 9.78 Å². The van der Waals surface area contributed by atoms with E-state index in [4.69, 9.17) is 25.1 Å². The fraction of sp³-hybridized carbons (Fsp3) is 0.378. The molecule has 268 valence electrons. The Balaban J connectivity index is 0.000000727. The summed E-state index contributed by atoms with van der Waals surface area (Å²) in [5.41, 5.74) is 9.94. The molecule has 10 nitrogen and oxygen atoms in total. The van der Waals surface area contributed by atoms with Gasteiger partial charge < -0.3 is 35.8 Å². The van der Waals surface area contributed by atoms with Crippen LogP contribution in [-0.4, -0.2) is 53.9 Å². The number of nitrogen functional groups attached to an aromatic ring is 1. The molecule has 4 aromatic rings. The fourth-order valence-electron chi connectivity index (χ4n) is 5.74. The molecule has 1 saturated heterocycles. The number of hydrogen-bond acceptors (Lipinski definition) is 8. The predicted octanol–water partition coefficient (Wildman–Crippen LogP) is 7.34. The van der Waals surface area contributed by atoms with E-state index in [-0.39, 0.29) is 12.0 Å². The normalized spacial score (nSPS) is 15.1. The Kier molecular flexibility index (Phi) is 12.8. The third-order valence-electron chi connectivity index (χ3n) is 8.02. The smallest absolute Gasteiger partial charge is 0.490 e. The SMILES string of the molecule is CCOc1cc(C(Nc2ccc3c(N)nccc3c2)C(=O)NCc2ccccc2N2CCCC(C)C2)ccc1OC(C)C.O=C(O)C(F)(F)F. The zero-order chi connectivity index (χ0) is 36.4. The number of aliphatic carboxylic acids is 1. The van der Waals surface area contributed by atoms with Gasteiger partial charge in [0.05, 0.1) is 12.7 Å². The number of halogens is 3. The van der Waals surface area contributed by atoms with Crippen molar-refractivity contribution in [2.75, 3.05) is 35.6 Å². The number of nitrogens with one attached hydrogen (secondary N) is 2. The van der Waals surface area contributed by atoms with E-state index in [0.29, 0.717) is 36.4 Å². The van der Waals surface area contributed by atoms with Crippen LogP contribution >= 0.6 is 0 Å². The number of amides is 1. The number of para-hydroxylation sites is 1. The van der Waals surface area contributed by atoms with Crippen LogP contribution < -0.4 is 30.7 Å². The highest BCUT2D eigenvalue weighted by molar-refractivity contribution is 5.94. The number of aromatic nitrogens is 1. The number of carbonyl (C=O) groups excluding carboxylic acids is 1. The summed E-state index contributed by atoms with van der Waals surface area (Å²) in [5.74, 6) is -0.514. The van der Waals surface area contributed by atoms with Gasteiger partial charge in [-0.1, -0.05) is 31.2 Å². The Morgan fingerprint density at radius 1 is 1.08 bits per heavy atom. The summed E-state index contributed by atoms with van der Waals surface area (Å²) in [7, 11) is 0. The van der Waals surface area contributed by atoms with E-state index in [1.54, 1.807) is 6.20 Å². The lowest BCUT2D eigenvalue weighted by Crippen LogP contribution is -2.36. The summed E-state index contributed by atoms with van der Waals surface area (Å²) in [6.45, 7) is 11.2. The van der Waals surface area contributed by atoms with Gasteiger partial charge in [0, 0.05) is 42.6 Å². The molecule has 2 unspecified atom stereocenters. The lowest BCUT2D eigenvalue weighted by atomic mass is 9.98. The maximum absolute atomic E-state index is 14.0. The van der Waals surface area contributed by atoms with Gasteiger partial charge in [0.2, 0.25) is 5.91 Å². The molecule has 2 atom stereocenters. The molecule has 50 heavy (non-hydrogen) atoms. The van der Waals surface area contributed by atoms with Gasteiger partial charge in [-0.2, -0.15) is 13.2 Å². The highest BCUT2D eigenvalue weighted by atomic mass is 19.4. The summed E-state index contributed by atoms with van der Waals surface area (Å²) < 4.78 is 43.7. The number of carboxylic acid groups (broad SMARTS) is 1. The first-order chi connectivity index (χ1) is 23.8. The number of alkyl halides is 3. The van der Waals surface area contributed by atoms with E-state index < -0.39 is 18.2 Å². The number of carbonyl (C=O) groups is 2. The molecule has 13 heteroatoms. The number of nitrogens with zero attached hydrogens (tertiary/aromatic N) is 2. The first-order valence-electron chi connectivity index (χ1n) is 16.5. The van der Waals surface area contributed by atoms with Gasteiger partial charge in [-0.3, -0.25) is 4.79 Å². The van der Waals surface area contributed by atoms with Gasteiger partial charge in [-0.05, 0) is 98.5 Å². The average Bonchev–Trinajstić information content (AvgIpc) is 3.07. The number of benzene rings is 3. The minimum atomic E-state index is -5.08. The molecule has 1 fully saturated rings. The Bertz CT molecular complexity index is 1770. The van der Waals surface area contributed by atoms with E-state index in [1.807, 2.05) is 69.3 Å². The van der Waals surface area contributed by atoms with Crippen LogP contribution in [0.2, 0.25) is 0 Å². The fourth-order valence-corrected chi connectivity index (χ4v) is 5.74. The third kappa shape index (κ3) is 10.2. The zero-order valence-corrected chi connectivity index (χ0v) is 28.6. The summed E-state index contributed by atoms with van der Waals surface area (Å²) in [6, 6.07) is 21.1. The number of piperidine rings is 1. The standard InChI is InChI=1S/C35H43N5O3.C2HF3O2/c1-5-42-32-20-26(12-15-31(32)43-23(2)3)33(39-28-13-14-29-25(19-28)16-17-37-34(29)36)35(41)38-21-27-10-6-7-11-30(27)40-18-8-9-24(4)22-40;3-2(4,5)1(6)7/h6-7,10-17,19-20,23-24,33,39H,5,8-9,18,21-22H2,1-4H3,(H2,36,37)(H,38,41);(H,6,7). The molecule has 0 aliphatic carbocycles. The topological polar surface area (TPSA) is 139 Å². The molecule has 0 bridgehead atoms. The van der Waals surface area contributed by atoms with Crippen molar-refractivity contribution in [2.45, 2.75) is 65.4 Å². The summed E-state index contributed by atoms with van der Waals surface area (Å²) >= 11 is 0. The number of hydrogen-bond donors (Lipinski definition) is 4. The van der Waals surface area contributed by atoms with Crippen molar-refractivity contribution >= 4 is 39.8 Å². The summed E-state index contributed by atoms with van der Waals surface area (Å²) in [6.07, 6.45) is -0.968. The monoisotopic (exact) mass is 695 g/mol. The molecule has 2 heterocycles. The number of fused-ring (bicyclic) bond motifs is 1. The first-order valence-corrected chi connectivity index (χ1v) is 16.5. The van der Waals surface area contributed by atoms with Gasteiger partial charge in [0.25, 0.3) is 0 Å². The quantitative estimate of drug-likeness (QED) is 0.127. The first kappa shape index (κ1) is 37.6. The predicted molar refractivity (Wildman–Crippen MR) is 188 cm³/mol. The van der Waals surface area contributed by atoms with Crippen LogP contribution in [0.15, 0.2) is 72.9 Å². The van der Waals surface area contributed by atoms with Crippen LogP contribution in [-0.2, 0) is 16.1 Å². The van der Waals surface area contributed by atoms with Crippen molar-refractivity contribution in [1.29, 1.82) is 0 Å². The number of anilines is 3. The molecule has 0 radical (unpaired) electrons. The molecule has 1 aliphatic rings. The Morgan fingerprint density at radius 3 is 2.50 bits per heavy atom. The van der Waals surface area contributed by atoms with E-state index in [0.717, 1.165) is 40.7 Å². The maximum Gasteiger partial charge on any atom is 0.490 e. The molecule has 1 aromatic heterocycles. The van der Waals surface area contributed by atoms with Crippen LogP contribution in [0, 0.1) is 5.92 Å². The van der Waals surface area contributed by atoms with Gasteiger partial charge in [0.1, 0.15) is 11.9 Å². The van der Waals surface area contributed by atoms with Gasteiger partial charge >= 0.3 is 12.1 Å². The zero-order valence-electron chi connectivity index (χ0n) is 28.6. The molecule has 1 amide bonds. The van der Waals surface area contributed by atoms with Crippen LogP contribution in [0.1, 0.15) is 57.7 Å². The van der Waals surface area contributed by atoms with Crippen LogP contribution in [0.25, 0.3) is 10.8 Å². The van der Waals surface area contributed by atoms with E-state index in [1.165, 1.54) is 18.5 Å². The summed E-state index contributed by atoms with van der Waals surface area (Å²) in [5, 5.41) is 15.6. The molecule has 5 N–H and O–H groups in total. The lowest BCUT2D eigenvalue weighted by molar-refractivity contribution is -0.192. The highest BCUT2D eigenvalue weighted by Gasteiger charge is 2.38. The third-order valence-corrected chi connectivity index (χ3v) is 8.02. The molecule has 1 aliphatic heterocycles. The van der Waals surface area contributed by atoms with E-state index in [9.17, 15) is 18.0 Å². The molecule has 0 spiro atoms. The largest absolute Gasteiger partial charge is 0.490 e. The Labute approximate surface area is 289 Å². The van der Waals surface area contributed by atoms with Gasteiger partial charge in [-0.15, -0.1) is 0 Å². The number of ether oxygens (including phenoxy) is 2. The Morgan fingerprint density at radius 2 is 1.82 bits per heavy atom. The number of rotatable bonds is 11. The molecule has 3 aromatic carbocycles. The van der Waals surface area contributed by atoms with E-state index in [2.05, 4.69) is 45.6 Å². The number of carboxylic acids is 1. The van der Waals surface area contributed by atoms with Crippen LogP contribution in [0.3, 0.4) is 0 Å². The minimum Gasteiger partial charge on any atom is -0.490 e. The van der Waals surface area contributed by atoms with Gasteiger partial charge in [0.15, 0.2) is 11.5 Å². The van der Waals surface area contributed by atoms with Crippen molar-refractivity contribution in [1.82, 2.24) is 10.3 Å². The van der Waals surface area contributed by atoms with Crippen molar-refractivity contribution in [3.63, 3.8) is 0 Å². The summed E-state index contributed by atoms with van der Waals surface area (Å²) in [4.78, 5) is 29.6. The van der Waals surface area contributed by atoms with Crippen LogP contribution in [0.4, 0.5) is 30.4 Å². The van der Waals surface area contributed by atoms with Crippen molar-refractivity contribution in [3.8, 4) is 11.5 Å². The number of pyridine rings is 1. The molecular formula is C37H44F3N5O5. The second-order valence-electron chi connectivity index (χ2n) is 12.4. The minimum absolute atomic E-state index is 0.00948. The average molecular weight is 696 g/mol. The number of nitrogens with two attached hydrogens (primary N) is 1. The Hall–Kier alpha value is -5.20. The van der Waals surface area contributed by atoms with Crippen molar-refractivity contribution in [2.24, 2.45) is 5.92 Å². The molecular weight excluding hydrogens is 651 g/mol.